The first-order chi connectivity index (χ1) is 8.81. The average Bonchev–Trinajstić information content (AvgIpc) is 2.31. The molecule has 0 aliphatic rings. The Morgan fingerprint density at radius 2 is 1.58 bits per heavy atom. The monoisotopic (exact) mass is 384 g/mol. The van der Waals surface area contributed by atoms with Gasteiger partial charge in [-0.2, -0.15) is 0 Å². The maximum atomic E-state index is 11.1. The van der Waals surface area contributed by atoms with Gasteiger partial charge in [0.25, 0.3) is 0 Å². The Bertz CT molecular complexity index is 692. The first-order valence-corrected chi connectivity index (χ1v) is 8.73. The quantitative estimate of drug-likeness (QED) is 0.624. The van der Waals surface area contributed by atoms with E-state index in [0.717, 1.165) is 0 Å². The molecule has 2 aromatic rings. The van der Waals surface area contributed by atoms with E-state index in [1.807, 2.05) is 0 Å². The maximum Gasteiger partial charge on any atom is 0.331 e. The van der Waals surface area contributed by atoms with Crippen LogP contribution in [0.3, 0.4) is 0 Å². The molecule has 0 aliphatic heterocycles. The molecule has 0 saturated heterocycles. The van der Waals surface area contributed by atoms with Gasteiger partial charge < -0.3 is 9.79 Å². The van der Waals surface area contributed by atoms with Crippen molar-refractivity contribution in [3.8, 4) is 0 Å². The van der Waals surface area contributed by atoms with Gasteiger partial charge in [0.15, 0.2) is 0 Å². The second-order valence-electron chi connectivity index (χ2n) is 3.80. The molecule has 2 N–H and O–H groups in total. The fraction of sp³-hybridized carbons (Fsp3) is 0.200. The molecule has 0 radical (unpaired) electrons. The van der Waals surface area contributed by atoms with Crippen LogP contribution in [0.5, 0.6) is 0 Å². The van der Waals surface area contributed by atoms with E-state index in [1.54, 1.807) is 12.1 Å². The Labute approximate surface area is 127 Å². The predicted octanol–water partition coefficient (Wildman–Crippen LogP) is 3.51. The normalized spacial score (nSPS) is 12.1. The van der Waals surface area contributed by atoms with Crippen molar-refractivity contribution in [2.45, 2.75) is 11.5 Å². The zero-order valence-electron chi connectivity index (χ0n) is 9.35. The number of hydrogen-bond donors (Lipinski definition) is 2. The Hall–Kier alpha value is -0.230. The van der Waals surface area contributed by atoms with E-state index in [9.17, 15) is 4.57 Å². The summed E-state index contributed by atoms with van der Waals surface area (Å²) in [7, 11) is -4.23. The van der Waals surface area contributed by atoms with Gasteiger partial charge in [0.2, 0.25) is 0 Å². The van der Waals surface area contributed by atoms with Crippen LogP contribution >= 0.6 is 46.7 Å². The molecule has 0 atom stereocenters. The van der Waals surface area contributed by atoms with E-state index < -0.39 is 13.8 Å². The van der Waals surface area contributed by atoms with Crippen molar-refractivity contribution in [1.82, 2.24) is 9.97 Å². The zero-order valence-corrected chi connectivity index (χ0v) is 13.3. The standard InChI is InChI=1S/C10H8BrCl2N2O3P/c11-3-7-8(4-19(16,17)18)15-10-6(13)2-1-5(12)9(10)14-7/h1-2H,3-4H2,(H2,16,17,18). The van der Waals surface area contributed by atoms with Gasteiger partial charge in [-0.25, -0.2) is 9.97 Å². The van der Waals surface area contributed by atoms with Crippen molar-refractivity contribution >= 4 is 57.8 Å². The Kier molecular flexibility index (Phi) is 4.50. The van der Waals surface area contributed by atoms with Crippen LogP contribution in [0.15, 0.2) is 12.1 Å². The molecule has 1 aromatic carbocycles. The number of alkyl halides is 1. The molecule has 102 valence electrons. The summed E-state index contributed by atoms with van der Waals surface area (Å²) in [5.41, 5.74) is 1.39. The molecule has 0 fully saturated rings. The summed E-state index contributed by atoms with van der Waals surface area (Å²) in [6.45, 7) is 0. The van der Waals surface area contributed by atoms with Crippen LogP contribution in [-0.4, -0.2) is 19.8 Å². The highest BCUT2D eigenvalue weighted by molar-refractivity contribution is 9.08. The van der Waals surface area contributed by atoms with Crippen molar-refractivity contribution in [3.05, 3.63) is 33.6 Å². The predicted molar refractivity (Wildman–Crippen MR) is 77.9 cm³/mol. The van der Waals surface area contributed by atoms with Crippen LogP contribution in [0.2, 0.25) is 10.0 Å². The lowest BCUT2D eigenvalue weighted by molar-refractivity contribution is 0.371. The molecule has 0 saturated carbocycles. The molecule has 0 spiro atoms. The van der Waals surface area contributed by atoms with Crippen LogP contribution in [0.25, 0.3) is 11.0 Å². The fourth-order valence-electron chi connectivity index (χ4n) is 1.57. The van der Waals surface area contributed by atoms with Crippen LogP contribution in [0.1, 0.15) is 11.4 Å². The van der Waals surface area contributed by atoms with Gasteiger partial charge in [0, 0.05) is 5.33 Å². The summed E-state index contributed by atoms with van der Waals surface area (Å²) in [6, 6.07) is 3.16. The number of nitrogens with zero attached hydrogens (tertiary/aromatic N) is 2. The zero-order chi connectivity index (χ0) is 14.2. The summed E-state index contributed by atoms with van der Waals surface area (Å²) in [6.07, 6.45) is -0.486. The van der Waals surface area contributed by atoms with Crippen LogP contribution in [0.4, 0.5) is 0 Å². The number of fused-ring (bicyclic) bond motifs is 1. The molecular formula is C10H8BrCl2N2O3P. The Balaban J connectivity index is 2.71. The third-order valence-corrected chi connectivity index (χ3v) is 4.21. The average molecular weight is 386 g/mol. The van der Waals surface area contributed by atoms with Crippen LogP contribution in [0, 0.1) is 0 Å². The van der Waals surface area contributed by atoms with Gasteiger partial charge in [-0.3, -0.25) is 4.57 Å². The summed E-state index contributed by atoms with van der Waals surface area (Å²) in [4.78, 5) is 26.6. The molecule has 0 bridgehead atoms. The molecular weight excluding hydrogens is 378 g/mol. The third-order valence-electron chi connectivity index (χ3n) is 2.36. The molecule has 0 unspecified atom stereocenters. The Morgan fingerprint density at radius 3 is 2.00 bits per heavy atom. The minimum absolute atomic E-state index is 0.210. The topological polar surface area (TPSA) is 83.3 Å². The van der Waals surface area contributed by atoms with Gasteiger partial charge >= 0.3 is 7.60 Å². The summed E-state index contributed by atoms with van der Waals surface area (Å²) < 4.78 is 11.1. The largest absolute Gasteiger partial charge is 0.331 e. The van der Waals surface area contributed by atoms with Crippen molar-refractivity contribution in [1.29, 1.82) is 0 Å². The molecule has 9 heteroatoms. The van der Waals surface area contributed by atoms with Crippen molar-refractivity contribution in [3.63, 3.8) is 0 Å². The van der Waals surface area contributed by atoms with Gasteiger partial charge in [-0.15, -0.1) is 0 Å². The van der Waals surface area contributed by atoms with Crippen molar-refractivity contribution in [2.24, 2.45) is 0 Å². The highest BCUT2D eigenvalue weighted by Gasteiger charge is 2.20. The number of aromatic nitrogens is 2. The van der Waals surface area contributed by atoms with E-state index in [4.69, 9.17) is 33.0 Å². The molecule has 2 rings (SSSR count). The molecule has 1 heterocycles. The second-order valence-corrected chi connectivity index (χ2v) is 6.82. The van der Waals surface area contributed by atoms with E-state index in [2.05, 4.69) is 25.9 Å². The molecule has 0 aliphatic carbocycles. The fourth-order valence-corrected chi connectivity index (χ4v) is 3.05. The highest BCUT2D eigenvalue weighted by atomic mass is 79.9. The first kappa shape index (κ1) is 15.2. The van der Waals surface area contributed by atoms with Crippen molar-refractivity contribution in [2.75, 3.05) is 0 Å². The van der Waals surface area contributed by atoms with Gasteiger partial charge in [0.1, 0.15) is 11.0 Å². The van der Waals surface area contributed by atoms with Crippen LogP contribution in [-0.2, 0) is 16.1 Å². The van der Waals surface area contributed by atoms with Gasteiger partial charge in [-0.1, -0.05) is 39.1 Å². The molecule has 0 amide bonds. The molecule has 19 heavy (non-hydrogen) atoms. The lowest BCUT2D eigenvalue weighted by Gasteiger charge is -2.10. The molecule has 1 aromatic heterocycles. The smallest absolute Gasteiger partial charge is 0.324 e. The van der Waals surface area contributed by atoms with E-state index in [0.29, 0.717) is 32.1 Å². The minimum atomic E-state index is -4.23. The second kappa shape index (κ2) is 5.64. The summed E-state index contributed by atoms with van der Waals surface area (Å²) in [5.74, 6) is 0. The molecule has 5 nitrogen and oxygen atoms in total. The SMILES string of the molecule is O=P(O)(O)Cc1nc2c(Cl)ccc(Cl)c2nc1CBr. The Morgan fingerprint density at radius 1 is 1.11 bits per heavy atom. The first-order valence-electron chi connectivity index (χ1n) is 5.06. The maximum absolute atomic E-state index is 11.1. The summed E-state index contributed by atoms with van der Waals surface area (Å²) in [5, 5.41) is 1.03. The number of hydrogen-bond acceptors (Lipinski definition) is 3. The minimum Gasteiger partial charge on any atom is -0.324 e. The van der Waals surface area contributed by atoms with Crippen LogP contribution < -0.4 is 0 Å². The van der Waals surface area contributed by atoms with E-state index >= 15 is 0 Å². The third kappa shape index (κ3) is 3.45. The highest BCUT2D eigenvalue weighted by Crippen LogP contribution is 2.40. The number of rotatable bonds is 3. The number of benzene rings is 1. The lowest BCUT2D eigenvalue weighted by Crippen LogP contribution is -2.02. The van der Waals surface area contributed by atoms with E-state index in [-0.39, 0.29) is 5.69 Å². The number of halogens is 3. The van der Waals surface area contributed by atoms with E-state index in [1.165, 1.54) is 0 Å². The lowest BCUT2D eigenvalue weighted by atomic mass is 10.2. The summed E-state index contributed by atoms with van der Waals surface area (Å²) >= 11 is 15.2. The van der Waals surface area contributed by atoms with Gasteiger partial charge in [0.05, 0.1) is 27.6 Å². The van der Waals surface area contributed by atoms with Crippen molar-refractivity contribution < 1.29 is 14.4 Å². The van der Waals surface area contributed by atoms with Gasteiger partial charge in [-0.05, 0) is 12.1 Å².